The zero-order valence-corrected chi connectivity index (χ0v) is 14.4. The van der Waals surface area contributed by atoms with Gasteiger partial charge in [-0.25, -0.2) is 8.78 Å². The zero-order valence-electron chi connectivity index (χ0n) is 14.4. The molecule has 0 atom stereocenters. The third-order valence-corrected chi connectivity index (χ3v) is 4.98. The topological polar surface area (TPSA) is 49.3 Å². The van der Waals surface area contributed by atoms with Crippen molar-refractivity contribution in [2.75, 3.05) is 31.1 Å². The molecule has 1 saturated heterocycles. The van der Waals surface area contributed by atoms with Crippen molar-refractivity contribution in [1.29, 1.82) is 0 Å². The molecule has 1 aromatic heterocycles. The molecule has 7 heteroatoms. The molecule has 4 rings (SSSR count). The standard InChI is InChI=1S/C19H20F2N4O/c20-15-4-3-14(16(21)12-15)11-19(26)25-9-7-24(8-10-25)18-6-5-17(22-23-18)13-1-2-13/h3-6,12-13H,1-2,7-11H2. The van der Waals surface area contributed by atoms with Crippen molar-refractivity contribution in [3.8, 4) is 0 Å². The molecule has 2 aromatic rings. The van der Waals surface area contributed by atoms with Gasteiger partial charge in [0.05, 0.1) is 12.1 Å². The smallest absolute Gasteiger partial charge is 0.227 e. The lowest BCUT2D eigenvalue weighted by Crippen LogP contribution is -2.49. The van der Waals surface area contributed by atoms with Gasteiger partial charge in [0, 0.05) is 38.2 Å². The Morgan fingerprint density at radius 1 is 1.04 bits per heavy atom. The molecule has 0 bridgehead atoms. The fourth-order valence-electron chi connectivity index (χ4n) is 3.23. The van der Waals surface area contributed by atoms with Crippen molar-refractivity contribution < 1.29 is 13.6 Å². The fourth-order valence-corrected chi connectivity index (χ4v) is 3.23. The van der Waals surface area contributed by atoms with Crippen LogP contribution in [0.1, 0.15) is 30.0 Å². The van der Waals surface area contributed by atoms with E-state index in [1.165, 1.54) is 25.0 Å². The van der Waals surface area contributed by atoms with Crippen molar-refractivity contribution in [3.05, 3.63) is 53.2 Å². The molecule has 0 N–H and O–H groups in total. The number of hydrogen-bond acceptors (Lipinski definition) is 4. The number of nitrogens with zero attached hydrogens (tertiary/aromatic N) is 4. The number of benzene rings is 1. The Labute approximate surface area is 150 Å². The molecule has 0 spiro atoms. The Kier molecular flexibility index (Phi) is 4.53. The number of piperazine rings is 1. The summed E-state index contributed by atoms with van der Waals surface area (Å²) < 4.78 is 26.7. The van der Waals surface area contributed by atoms with E-state index in [0.29, 0.717) is 32.1 Å². The Morgan fingerprint density at radius 3 is 2.42 bits per heavy atom. The van der Waals surface area contributed by atoms with Crippen molar-refractivity contribution in [1.82, 2.24) is 15.1 Å². The predicted molar refractivity (Wildman–Crippen MR) is 92.9 cm³/mol. The number of aromatic nitrogens is 2. The van der Waals surface area contributed by atoms with E-state index in [0.717, 1.165) is 17.6 Å². The SMILES string of the molecule is O=C(Cc1ccc(F)cc1F)N1CCN(c2ccc(C3CC3)nn2)CC1. The van der Waals surface area contributed by atoms with Crippen LogP contribution < -0.4 is 4.90 Å². The highest BCUT2D eigenvalue weighted by molar-refractivity contribution is 5.79. The molecule has 26 heavy (non-hydrogen) atoms. The van der Waals surface area contributed by atoms with Crippen LogP contribution in [-0.2, 0) is 11.2 Å². The first kappa shape index (κ1) is 16.9. The van der Waals surface area contributed by atoms with Gasteiger partial charge in [-0.05, 0) is 36.6 Å². The van der Waals surface area contributed by atoms with Crippen LogP contribution in [0.3, 0.4) is 0 Å². The van der Waals surface area contributed by atoms with Crippen LogP contribution in [-0.4, -0.2) is 47.2 Å². The lowest BCUT2D eigenvalue weighted by atomic mass is 10.1. The summed E-state index contributed by atoms with van der Waals surface area (Å²) in [7, 11) is 0. The highest BCUT2D eigenvalue weighted by Crippen LogP contribution is 2.38. The fraction of sp³-hybridized carbons (Fsp3) is 0.421. The number of carbonyl (C=O) groups is 1. The largest absolute Gasteiger partial charge is 0.352 e. The highest BCUT2D eigenvalue weighted by atomic mass is 19.1. The van der Waals surface area contributed by atoms with Gasteiger partial charge >= 0.3 is 0 Å². The van der Waals surface area contributed by atoms with E-state index in [9.17, 15) is 13.6 Å². The second-order valence-corrected chi connectivity index (χ2v) is 6.87. The molecule has 1 amide bonds. The molecule has 1 aliphatic heterocycles. The van der Waals surface area contributed by atoms with E-state index < -0.39 is 11.6 Å². The molecule has 2 heterocycles. The molecule has 1 aliphatic carbocycles. The zero-order chi connectivity index (χ0) is 18.1. The number of amides is 1. The van der Waals surface area contributed by atoms with Crippen molar-refractivity contribution in [2.45, 2.75) is 25.2 Å². The second-order valence-electron chi connectivity index (χ2n) is 6.87. The van der Waals surface area contributed by atoms with Crippen LogP contribution in [0, 0.1) is 11.6 Å². The maximum atomic E-state index is 13.7. The number of halogens is 2. The third-order valence-electron chi connectivity index (χ3n) is 4.98. The van der Waals surface area contributed by atoms with Gasteiger partial charge in [0.1, 0.15) is 11.6 Å². The van der Waals surface area contributed by atoms with Gasteiger partial charge in [-0.15, -0.1) is 5.10 Å². The maximum absolute atomic E-state index is 13.7. The lowest BCUT2D eigenvalue weighted by molar-refractivity contribution is -0.130. The number of rotatable bonds is 4. The van der Waals surface area contributed by atoms with Crippen LogP contribution in [0.2, 0.25) is 0 Å². The Hall–Kier alpha value is -2.57. The average Bonchev–Trinajstić information content (AvgIpc) is 3.49. The minimum Gasteiger partial charge on any atom is -0.352 e. The number of carbonyl (C=O) groups excluding carboxylic acids is 1. The van der Waals surface area contributed by atoms with E-state index in [1.807, 2.05) is 12.1 Å². The molecule has 136 valence electrons. The van der Waals surface area contributed by atoms with Gasteiger partial charge in [0.2, 0.25) is 5.91 Å². The summed E-state index contributed by atoms with van der Waals surface area (Å²) in [5.74, 6) is -0.0570. The summed E-state index contributed by atoms with van der Waals surface area (Å²) in [6.45, 7) is 2.42. The molecule has 0 radical (unpaired) electrons. The second kappa shape index (κ2) is 6.97. The number of hydrogen-bond donors (Lipinski definition) is 0. The minimum atomic E-state index is -0.678. The predicted octanol–water partition coefficient (Wildman–Crippen LogP) is 2.52. The highest BCUT2D eigenvalue weighted by Gasteiger charge is 2.26. The first-order chi connectivity index (χ1) is 12.6. The van der Waals surface area contributed by atoms with Crippen molar-refractivity contribution >= 4 is 11.7 Å². The molecule has 2 fully saturated rings. The Bertz CT molecular complexity index is 800. The average molecular weight is 358 g/mol. The van der Waals surface area contributed by atoms with Gasteiger partial charge in [0.25, 0.3) is 0 Å². The molecule has 5 nitrogen and oxygen atoms in total. The quantitative estimate of drug-likeness (QED) is 0.843. The summed E-state index contributed by atoms with van der Waals surface area (Å²) in [6.07, 6.45) is 2.34. The Morgan fingerprint density at radius 2 is 1.81 bits per heavy atom. The van der Waals surface area contributed by atoms with E-state index >= 15 is 0 Å². The molecule has 1 aromatic carbocycles. The summed E-state index contributed by atoms with van der Waals surface area (Å²) in [4.78, 5) is 16.2. The van der Waals surface area contributed by atoms with Crippen LogP contribution >= 0.6 is 0 Å². The van der Waals surface area contributed by atoms with Crippen LogP contribution in [0.15, 0.2) is 30.3 Å². The van der Waals surface area contributed by atoms with Crippen LogP contribution in [0.4, 0.5) is 14.6 Å². The van der Waals surface area contributed by atoms with E-state index in [4.69, 9.17) is 0 Å². The van der Waals surface area contributed by atoms with E-state index in [1.54, 1.807) is 4.90 Å². The van der Waals surface area contributed by atoms with Gasteiger partial charge in [-0.2, -0.15) is 5.10 Å². The van der Waals surface area contributed by atoms with Crippen molar-refractivity contribution in [2.24, 2.45) is 0 Å². The summed E-state index contributed by atoms with van der Waals surface area (Å²) in [5.41, 5.74) is 1.28. The normalized spacial score (nSPS) is 17.5. The van der Waals surface area contributed by atoms with E-state index in [2.05, 4.69) is 15.1 Å². The first-order valence-electron chi connectivity index (χ1n) is 8.90. The lowest BCUT2D eigenvalue weighted by Gasteiger charge is -2.35. The van der Waals surface area contributed by atoms with E-state index in [-0.39, 0.29) is 17.9 Å². The van der Waals surface area contributed by atoms with Crippen LogP contribution in [0.5, 0.6) is 0 Å². The molecule has 2 aliphatic rings. The van der Waals surface area contributed by atoms with Gasteiger partial charge in [0.15, 0.2) is 5.82 Å². The summed E-state index contributed by atoms with van der Waals surface area (Å²) in [6, 6.07) is 7.34. The van der Waals surface area contributed by atoms with Crippen molar-refractivity contribution in [3.63, 3.8) is 0 Å². The Balaban J connectivity index is 1.33. The third kappa shape index (κ3) is 3.66. The minimum absolute atomic E-state index is 0.0536. The van der Waals surface area contributed by atoms with Gasteiger partial charge < -0.3 is 9.80 Å². The first-order valence-corrected chi connectivity index (χ1v) is 8.90. The molecule has 0 unspecified atom stereocenters. The molecular weight excluding hydrogens is 338 g/mol. The molecule has 1 saturated carbocycles. The maximum Gasteiger partial charge on any atom is 0.227 e. The van der Waals surface area contributed by atoms with Gasteiger partial charge in [-0.3, -0.25) is 4.79 Å². The van der Waals surface area contributed by atoms with Gasteiger partial charge in [-0.1, -0.05) is 6.07 Å². The molecular formula is C19H20F2N4O. The number of anilines is 1. The summed E-state index contributed by atoms with van der Waals surface area (Å²) >= 11 is 0. The van der Waals surface area contributed by atoms with Crippen LogP contribution in [0.25, 0.3) is 0 Å². The summed E-state index contributed by atoms with van der Waals surface area (Å²) in [5, 5.41) is 8.61. The monoisotopic (exact) mass is 358 g/mol.